The molecular formula is C24H23ClF3NO5S. The molecule has 1 unspecified atom stereocenters. The van der Waals surface area contributed by atoms with Gasteiger partial charge in [-0.05, 0) is 42.3 Å². The number of hydrogen-bond donors (Lipinski definition) is 3. The number of ether oxygens (including phenoxy) is 1. The van der Waals surface area contributed by atoms with Crippen molar-refractivity contribution in [2.45, 2.75) is 30.3 Å². The molecule has 6 nitrogen and oxygen atoms in total. The predicted molar refractivity (Wildman–Crippen MR) is 127 cm³/mol. The fraction of sp³-hybridized carbons (Fsp3) is 0.250. The van der Waals surface area contributed by atoms with E-state index >= 15 is 0 Å². The van der Waals surface area contributed by atoms with Gasteiger partial charge in [-0.25, -0.2) is 8.42 Å². The van der Waals surface area contributed by atoms with Crippen molar-refractivity contribution in [3.05, 3.63) is 77.3 Å². The first-order chi connectivity index (χ1) is 16.5. The third kappa shape index (κ3) is 7.60. The number of halogens is 4. The summed E-state index contributed by atoms with van der Waals surface area (Å²) in [6.07, 6.45) is -5.60. The van der Waals surface area contributed by atoms with E-state index in [1.54, 1.807) is 24.3 Å². The highest BCUT2D eigenvalue weighted by Gasteiger charge is 2.32. The van der Waals surface area contributed by atoms with Gasteiger partial charge in [0.2, 0.25) is 0 Å². The molecule has 188 valence electrons. The van der Waals surface area contributed by atoms with Gasteiger partial charge in [-0.1, -0.05) is 48.0 Å². The van der Waals surface area contributed by atoms with Crippen molar-refractivity contribution in [1.29, 1.82) is 0 Å². The Kier molecular flexibility index (Phi) is 8.65. The van der Waals surface area contributed by atoms with Gasteiger partial charge >= 0.3 is 6.36 Å². The van der Waals surface area contributed by atoms with E-state index in [9.17, 15) is 26.7 Å². The molecule has 3 aromatic rings. The van der Waals surface area contributed by atoms with Crippen molar-refractivity contribution in [1.82, 2.24) is 0 Å². The van der Waals surface area contributed by atoms with Gasteiger partial charge in [-0.15, -0.1) is 13.2 Å². The van der Waals surface area contributed by atoms with Gasteiger partial charge in [0.15, 0.2) is 9.84 Å². The number of benzene rings is 3. The van der Waals surface area contributed by atoms with E-state index in [4.69, 9.17) is 16.7 Å². The fourth-order valence-corrected chi connectivity index (χ4v) is 4.98. The van der Waals surface area contributed by atoms with Crippen LogP contribution in [0, 0.1) is 0 Å². The Morgan fingerprint density at radius 3 is 2.31 bits per heavy atom. The van der Waals surface area contributed by atoms with Crippen molar-refractivity contribution in [2.24, 2.45) is 0 Å². The van der Waals surface area contributed by atoms with Gasteiger partial charge in [0.05, 0.1) is 15.7 Å². The second-order valence-electron chi connectivity index (χ2n) is 7.64. The first-order valence-electron chi connectivity index (χ1n) is 10.5. The van der Waals surface area contributed by atoms with Crippen molar-refractivity contribution in [3.63, 3.8) is 0 Å². The minimum absolute atomic E-state index is 0.134. The highest BCUT2D eigenvalue weighted by molar-refractivity contribution is 7.91. The summed E-state index contributed by atoms with van der Waals surface area (Å²) in [7, 11) is -3.49. The van der Waals surface area contributed by atoms with Crippen molar-refractivity contribution in [3.8, 4) is 16.9 Å². The molecule has 3 aromatic carbocycles. The molecule has 0 heterocycles. The fourth-order valence-electron chi connectivity index (χ4n) is 3.40. The topological polar surface area (TPSA) is 95.9 Å². The lowest BCUT2D eigenvalue weighted by atomic mass is 10.0. The Morgan fingerprint density at radius 2 is 1.69 bits per heavy atom. The standard InChI is InChI=1S/C24H23ClF3NO5S/c25-21-15-17(8-11-19(21)20-4-1-2-5-22(20)34-24(26,27)28)29-23(31)14-16-6-9-18(10-7-16)35(32,33)13-3-12-30/h1-2,4-11,15,23,29-31H,3,12-14H2. The van der Waals surface area contributed by atoms with E-state index in [0.29, 0.717) is 16.8 Å². The molecule has 3 rings (SSSR count). The maximum atomic E-state index is 12.7. The van der Waals surface area contributed by atoms with Crippen molar-refractivity contribution >= 4 is 27.1 Å². The van der Waals surface area contributed by atoms with Crippen LogP contribution in [0.1, 0.15) is 12.0 Å². The summed E-state index contributed by atoms with van der Waals surface area (Å²) in [6, 6.07) is 16.2. The molecule has 0 saturated heterocycles. The molecule has 0 spiro atoms. The Labute approximate surface area is 205 Å². The summed E-state index contributed by atoms with van der Waals surface area (Å²) in [6.45, 7) is -0.214. The smallest absolute Gasteiger partial charge is 0.405 e. The van der Waals surface area contributed by atoms with Crippen LogP contribution in [0.4, 0.5) is 18.9 Å². The van der Waals surface area contributed by atoms with E-state index in [0.717, 1.165) is 0 Å². The quantitative estimate of drug-likeness (QED) is 0.319. The van der Waals surface area contributed by atoms with Crippen LogP contribution in [0.25, 0.3) is 11.1 Å². The largest absolute Gasteiger partial charge is 0.573 e. The van der Waals surface area contributed by atoms with E-state index < -0.39 is 22.4 Å². The second-order valence-corrected chi connectivity index (χ2v) is 10.2. The molecule has 3 N–H and O–H groups in total. The average Bonchev–Trinajstić information content (AvgIpc) is 2.78. The maximum Gasteiger partial charge on any atom is 0.573 e. The molecule has 0 aromatic heterocycles. The van der Waals surface area contributed by atoms with Gasteiger partial charge in [-0.2, -0.15) is 0 Å². The number of alkyl halides is 3. The van der Waals surface area contributed by atoms with Crippen LogP contribution in [-0.4, -0.2) is 43.6 Å². The van der Waals surface area contributed by atoms with E-state index in [2.05, 4.69) is 10.1 Å². The van der Waals surface area contributed by atoms with Crippen molar-refractivity contribution < 1.29 is 36.5 Å². The zero-order valence-electron chi connectivity index (χ0n) is 18.3. The highest BCUT2D eigenvalue weighted by atomic mass is 35.5. The second kappa shape index (κ2) is 11.3. The Hall–Kier alpha value is -2.79. The number of nitrogens with one attached hydrogen (secondary N) is 1. The number of sulfone groups is 1. The molecule has 0 saturated carbocycles. The molecule has 0 aliphatic carbocycles. The summed E-state index contributed by atoms with van der Waals surface area (Å²) in [5, 5.41) is 22.2. The minimum atomic E-state index is -4.85. The molecule has 0 radical (unpaired) electrons. The Balaban J connectivity index is 1.69. The van der Waals surface area contributed by atoms with Gasteiger partial charge in [-0.3, -0.25) is 0 Å². The summed E-state index contributed by atoms with van der Waals surface area (Å²) in [5.74, 6) is -0.541. The lowest BCUT2D eigenvalue weighted by molar-refractivity contribution is -0.274. The normalized spacial score (nSPS) is 12.9. The lowest BCUT2D eigenvalue weighted by Crippen LogP contribution is -2.21. The van der Waals surface area contributed by atoms with E-state index in [1.165, 1.54) is 42.5 Å². The maximum absolute atomic E-state index is 12.7. The summed E-state index contributed by atoms with van der Waals surface area (Å²) >= 11 is 6.32. The SMILES string of the molecule is O=S(=O)(CCCO)c1ccc(CC(O)Nc2ccc(-c3ccccc3OC(F)(F)F)c(Cl)c2)cc1. The monoisotopic (exact) mass is 529 g/mol. The number of aliphatic hydroxyl groups is 2. The number of rotatable bonds is 10. The molecule has 0 amide bonds. The molecule has 0 bridgehead atoms. The molecule has 35 heavy (non-hydrogen) atoms. The zero-order chi connectivity index (χ0) is 25.6. The van der Waals surface area contributed by atoms with Crippen LogP contribution in [0.5, 0.6) is 5.75 Å². The average molecular weight is 530 g/mol. The van der Waals surface area contributed by atoms with Gasteiger partial charge in [0.1, 0.15) is 12.0 Å². The van der Waals surface area contributed by atoms with Crippen LogP contribution < -0.4 is 10.1 Å². The highest BCUT2D eigenvalue weighted by Crippen LogP contribution is 2.38. The van der Waals surface area contributed by atoms with Crippen LogP contribution in [0.3, 0.4) is 0 Å². The third-order valence-electron chi connectivity index (χ3n) is 4.99. The van der Waals surface area contributed by atoms with Gasteiger partial charge in [0.25, 0.3) is 0 Å². The third-order valence-corrected chi connectivity index (χ3v) is 7.12. The van der Waals surface area contributed by atoms with Gasteiger partial charge < -0.3 is 20.3 Å². The van der Waals surface area contributed by atoms with Crippen LogP contribution >= 0.6 is 11.6 Å². The first kappa shape index (κ1) is 26.8. The van der Waals surface area contributed by atoms with Gasteiger partial charge in [0, 0.05) is 29.8 Å². The van der Waals surface area contributed by atoms with E-state index in [1.807, 2.05) is 0 Å². The number of anilines is 1. The predicted octanol–water partition coefficient (Wildman–Crippen LogP) is 5.03. The Morgan fingerprint density at radius 1 is 1.00 bits per heavy atom. The zero-order valence-corrected chi connectivity index (χ0v) is 19.9. The lowest BCUT2D eigenvalue weighted by Gasteiger charge is -2.17. The Bertz CT molecular complexity index is 1250. The molecular weight excluding hydrogens is 507 g/mol. The van der Waals surface area contributed by atoms with Crippen molar-refractivity contribution in [2.75, 3.05) is 17.7 Å². The summed E-state index contributed by atoms with van der Waals surface area (Å²) in [4.78, 5) is 0.134. The summed E-state index contributed by atoms with van der Waals surface area (Å²) in [5.41, 5.74) is 1.59. The minimum Gasteiger partial charge on any atom is -0.405 e. The number of hydrogen-bond acceptors (Lipinski definition) is 6. The van der Waals surface area contributed by atoms with Crippen LogP contribution in [0.2, 0.25) is 5.02 Å². The molecule has 11 heteroatoms. The first-order valence-corrected chi connectivity index (χ1v) is 12.5. The van der Waals surface area contributed by atoms with E-state index in [-0.39, 0.29) is 46.4 Å². The van der Waals surface area contributed by atoms with Crippen LogP contribution in [-0.2, 0) is 16.3 Å². The number of aliphatic hydroxyl groups excluding tert-OH is 2. The number of para-hydroxylation sites is 1. The molecule has 0 aliphatic rings. The molecule has 0 fully saturated rings. The molecule has 0 aliphatic heterocycles. The molecule has 1 atom stereocenters. The van der Waals surface area contributed by atoms with Crippen LogP contribution in [0.15, 0.2) is 71.6 Å². The summed E-state index contributed by atoms with van der Waals surface area (Å²) < 4.78 is 66.6.